The first-order chi connectivity index (χ1) is 22.2. The van der Waals surface area contributed by atoms with E-state index in [1.54, 1.807) is 12.1 Å². The molecule has 17 heteroatoms. The molecule has 6 rings (SSSR count). The third-order valence-corrected chi connectivity index (χ3v) is 9.80. The Labute approximate surface area is 293 Å². The van der Waals surface area contributed by atoms with Gasteiger partial charge in [-0.15, -0.1) is 0 Å². The number of halogens is 2. The van der Waals surface area contributed by atoms with E-state index in [4.69, 9.17) is 52.0 Å². The average molecular weight is 700 g/mol. The predicted octanol–water partition coefficient (Wildman–Crippen LogP) is 1.55. The molecular formula is C30H24Cl2NNaO13. The zero-order chi connectivity index (χ0) is 34.0. The number of phenolic OH excluding ortho intramolecular Hbond substituents is 1. The minimum absolute atomic E-state index is 0.0342. The number of carboxylic acid groups (broad SMARTS) is 1. The Morgan fingerprint density at radius 2 is 1.70 bits per heavy atom. The van der Waals surface area contributed by atoms with E-state index >= 15 is 0 Å². The summed E-state index contributed by atoms with van der Waals surface area (Å²) < 4.78 is 28.0. The SMILES string of the molecule is CC(=O)N[C@@H]1[C@@H](O)[C@H](O)[C@@H](CO)O[C@@]1([Na])Oc1cccc2c1C(=O)OC21c2cc(Cl)c(O)cc2Oc2cc(OCC(=O)O)c(Cl)cc21. The van der Waals surface area contributed by atoms with Crippen molar-refractivity contribution in [3.63, 3.8) is 0 Å². The second-order valence-corrected chi connectivity index (χ2v) is 13.4. The van der Waals surface area contributed by atoms with Gasteiger partial charge >= 0.3 is 285 Å². The van der Waals surface area contributed by atoms with Crippen LogP contribution >= 0.6 is 23.2 Å². The number of carboxylic acids is 1. The van der Waals surface area contributed by atoms with Gasteiger partial charge < -0.3 is 5.11 Å². The van der Waals surface area contributed by atoms with Crippen LogP contribution in [-0.4, -0.2) is 112 Å². The molecule has 0 radical (unpaired) electrons. The molecule has 3 aliphatic rings. The number of fused-ring (bicyclic) bond motifs is 6. The third kappa shape index (κ3) is 5.57. The van der Waals surface area contributed by atoms with Crippen molar-refractivity contribution in [2.75, 3.05) is 13.2 Å². The molecule has 14 nitrogen and oxygen atoms in total. The normalized spacial score (nSPS) is 27.2. The Balaban J connectivity index is 1.53. The van der Waals surface area contributed by atoms with Crippen LogP contribution in [0.3, 0.4) is 0 Å². The molecule has 6 atom stereocenters. The van der Waals surface area contributed by atoms with Crippen LogP contribution in [0.15, 0.2) is 42.5 Å². The fraction of sp³-hybridized carbons (Fsp3) is 0.300. The first-order valence-corrected chi connectivity index (χ1v) is 15.8. The molecule has 1 unspecified atom stereocenters. The molecule has 3 aliphatic heterocycles. The van der Waals surface area contributed by atoms with E-state index in [1.165, 1.54) is 37.3 Å². The zero-order valence-electron chi connectivity index (χ0n) is 24.5. The van der Waals surface area contributed by atoms with Crippen molar-refractivity contribution in [3.05, 3.63) is 74.8 Å². The number of amides is 1. The van der Waals surface area contributed by atoms with Gasteiger partial charge in [-0.3, -0.25) is 0 Å². The number of carbonyl (C=O) groups excluding carboxylic acids is 2. The number of ether oxygens (including phenoxy) is 5. The van der Waals surface area contributed by atoms with Gasteiger partial charge in [-0.25, -0.2) is 4.79 Å². The minimum atomic E-state index is -1.80. The van der Waals surface area contributed by atoms with Crippen molar-refractivity contribution in [1.82, 2.24) is 5.32 Å². The van der Waals surface area contributed by atoms with Crippen LogP contribution in [0, 0.1) is 0 Å². The number of carbonyl (C=O) groups is 3. The van der Waals surface area contributed by atoms with Gasteiger partial charge in [-0.05, 0) is 0 Å². The Hall–Kier alpha value is -3.31. The quantitative estimate of drug-likeness (QED) is 0.153. The van der Waals surface area contributed by atoms with Gasteiger partial charge in [0.1, 0.15) is 0 Å². The second-order valence-electron chi connectivity index (χ2n) is 11.2. The first-order valence-electron chi connectivity index (χ1n) is 14.1. The van der Waals surface area contributed by atoms with Crippen LogP contribution in [0.4, 0.5) is 0 Å². The Kier molecular flexibility index (Phi) is 8.78. The number of hydrogen-bond acceptors (Lipinski definition) is 12. The zero-order valence-corrected chi connectivity index (χ0v) is 28.0. The predicted molar refractivity (Wildman–Crippen MR) is 160 cm³/mol. The number of aliphatic hydroxyl groups is 3. The van der Waals surface area contributed by atoms with E-state index in [2.05, 4.69) is 5.32 Å². The first kappa shape index (κ1) is 33.6. The van der Waals surface area contributed by atoms with Crippen molar-refractivity contribution < 1.29 is 63.6 Å². The van der Waals surface area contributed by atoms with Crippen LogP contribution in [-0.2, 0) is 24.7 Å². The number of nitrogens with one attached hydrogen (secondary N) is 1. The van der Waals surface area contributed by atoms with Gasteiger partial charge in [0.2, 0.25) is 0 Å². The Bertz CT molecular complexity index is 1820. The molecule has 3 heterocycles. The molecule has 1 amide bonds. The summed E-state index contributed by atoms with van der Waals surface area (Å²) in [7, 11) is 0. The molecule has 47 heavy (non-hydrogen) atoms. The molecular weight excluding hydrogens is 676 g/mol. The summed E-state index contributed by atoms with van der Waals surface area (Å²) in [5.41, 5.74) is -1.25. The number of aliphatic carboxylic acids is 1. The van der Waals surface area contributed by atoms with E-state index in [1.807, 2.05) is 0 Å². The van der Waals surface area contributed by atoms with E-state index in [9.17, 15) is 34.8 Å². The maximum absolute atomic E-state index is 13.9. The van der Waals surface area contributed by atoms with Crippen molar-refractivity contribution in [3.8, 4) is 28.7 Å². The van der Waals surface area contributed by atoms with Crippen LogP contribution < -0.4 is 19.5 Å². The molecule has 0 aromatic heterocycles. The Morgan fingerprint density at radius 1 is 1.02 bits per heavy atom. The monoisotopic (exact) mass is 699 g/mol. The van der Waals surface area contributed by atoms with Crippen molar-refractivity contribution in [2.45, 2.75) is 39.9 Å². The molecule has 1 saturated heterocycles. The fourth-order valence-corrected chi connectivity index (χ4v) is 7.52. The summed E-state index contributed by atoms with van der Waals surface area (Å²) >= 11 is 12.8. The van der Waals surface area contributed by atoms with Gasteiger partial charge in [0.05, 0.1) is 0 Å². The van der Waals surface area contributed by atoms with Crippen molar-refractivity contribution >= 4 is 69.0 Å². The molecule has 0 aliphatic carbocycles. The third-order valence-electron chi connectivity index (χ3n) is 8.14. The van der Waals surface area contributed by atoms with Gasteiger partial charge in [0.25, 0.3) is 0 Å². The summed E-state index contributed by atoms with van der Waals surface area (Å²) in [6.45, 7) is -0.190. The number of rotatable bonds is 7. The number of aromatic hydroxyl groups is 1. The van der Waals surface area contributed by atoms with Crippen LogP contribution in [0.1, 0.15) is 34.0 Å². The summed E-state index contributed by atoms with van der Waals surface area (Å²) in [5, 5.41) is 53.2. The van der Waals surface area contributed by atoms with Gasteiger partial charge in [-0.1, -0.05) is 0 Å². The molecule has 3 aromatic carbocycles. The van der Waals surface area contributed by atoms with Crippen molar-refractivity contribution in [1.29, 1.82) is 0 Å². The number of esters is 1. The fourth-order valence-electron chi connectivity index (χ4n) is 6.13. The average Bonchev–Trinajstić information content (AvgIpc) is 3.31. The summed E-state index contributed by atoms with van der Waals surface area (Å²) in [5.74, 6) is -3.05. The summed E-state index contributed by atoms with van der Waals surface area (Å²) in [6, 6.07) is 8.58. The van der Waals surface area contributed by atoms with E-state index in [0.29, 0.717) is 0 Å². The Morgan fingerprint density at radius 3 is 2.36 bits per heavy atom. The van der Waals surface area contributed by atoms with E-state index in [-0.39, 0.29) is 89.0 Å². The van der Waals surface area contributed by atoms with Gasteiger partial charge in [0.15, 0.2) is 0 Å². The molecule has 3 aromatic rings. The molecule has 0 bridgehead atoms. The van der Waals surface area contributed by atoms with Crippen LogP contribution in [0.25, 0.3) is 0 Å². The molecule has 242 valence electrons. The topological polar surface area (TPSA) is 211 Å². The van der Waals surface area contributed by atoms with Crippen LogP contribution in [0.5, 0.6) is 28.7 Å². The molecule has 1 spiro atoms. The number of aliphatic hydroxyl groups excluding tert-OH is 3. The molecule has 1 fully saturated rings. The number of phenols is 1. The van der Waals surface area contributed by atoms with E-state index in [0.717, 1.165) is 0 Å². The van der Waals surface area contributed by atoms with Crippen LogP contribution in [0.2, 0.25) is 10.0 Å². The maximum atomic E-state index is 13.9. The summed E-state index contributed by atoms with van der Waals surface area (Å²) in [6.07, 6.45) is -4.46. The second kappa shape index (κ2) is 12.3. The molecule has 6 N–H and O–H groups in total. The van der Waals surface area contributed by atoms with Gasteiger partial charge in [0, 0.05) is 0 Å². The van der Waals surface area contributed by atoms with Gasteiger partial charge in [-0.2, -0.15) is 0 Å². The van der Waals surface area contributed by atoms with E-state index < -0.39 is 64.1 Å². The number of benzene rings is 3. The standard InChI is InChI=1S/C30H24Cl2NO13.Na/c1-11(35)33-25-27(40)26(39)22(9-34)45-29(25)44-18-4-2-3-12-24(18)28(41)46-30(12)13-5-15(31)17(36)7-19(13)43-20-8-21(42-10-23(37)38)16(32)6-14(20)30;/h2-8,22,25-27,34,36,39-40H,9-10H2,1H3,(H,33,35)(H,37,38);/t22-,25-,26-,27-,30?;/m1./s1. The van der Waals surface area contributed by atoms with Crippen molar-refractivity contribution in [2.24, 2.45) is 0 Å². The summed E-state index contributed by atoms with van der Waals surface area (Å²) in [4.78, 5) is 37.2. The molecule has 0 saturated carbocycles. The number of hydrogen-bond donors (Lipinski definition) is 6.